The molecular weight excluding hydrogens is 336 g/mol. The van der Waals surface area contributed by atoms with E-state index in [0.717, 1.165) is 18.4 Å². The molecule has 26 heavy (non-hydrogen) atoms. The lowest BCUT2D eigenvalue weighted by Crippen LogP contribution is -2.48. The molecule has 1 aliphatic rings. The van der Waals surface area contributed by atoms with Crippen LogP contribution in [0.3, 0.4) is 0 Å². The number of methoxy groups -OCH3 is 1. The van der Waals surface area contributed by atoms with Crippen LogP contribution < -0.4 is 0 Å². The van der Waals surface area contributed by atoms with Crippen LogP contribution in [0.5, 0.6) is 0 Å². The average molecular weight is 361 g/mol. The van der Waals surface area contributed by atoms with Crippen molar-refractivity contribution >= 4 is 0 Å². The third-order valence-corrected chi connectivity index (χ3v) is 5.22. The van der Waals surface area contributed by atoms with Crippen LogP contribution in [0.1, 0.15) is 18.4 Å². The first-order chi connectivity index (χ1) is 12.6. The minimum Gasteiger partial charge on any atom is -0.395 e. The molecule has 0 radical (unpaired) electrons. The van der Waals surface area contributed by atoms with Crippen molar-refractivity contribution in [2.45, 2.75) is 31.4 Å². The van der Waals surface area contributed by atoms with Gasteiger partial charge in [-0.1, -0.05) is 30.3 Å². The Bertz CT molecular complexity index is 700. The molecule has 140 valence electrons. The van der Waals surface area contributed by atoms with E-state index in [9.17, 15) is 13.9 Å². The number of ether oxygens (including phenoxy) is 1. The number of halogens is 2. The first kappa shape index (κ1) is 19.0. The summed E-state index contributed by atoms with van der Waals surface area (Å²) in [5.41, 5.74) is 1.42. The quantitative estimate of drug-likeness (QED) is 0.853. The van der Waals surface area contributed by atoms with Gasteiger partial charge < -0.3 is 9.84 Å². The molecule has 3 nitrogen and oxygen atoms in total. The Morgan fingerprint density at radius 1 is 1.08 bits per heavy atom. The Labute approximate surface area is 153 Å². The number of piperidine rings is 1. The number of hydrogen-bond acceptors (Lipinski definition) is 3. The lowest BCUT2D eigenvalue weighted by Gasteiger charge is -2.38. The zero-order valence-corrected chi connectivity index (χ0v) is 15.0. The van der Waals surface area contributed by atoms with E-state index in [1.807, 2.05) is 30.3 Å². The van der Waals surface area contributed by atoms with Crippen molar-refractivity contribution in [3.8, 4) is 11.1 Å². The number of nitrogens with zero attached hydrogens (tertiary/aromatic N) is 1. The predicted octanol–water partition coefficient (Wildman–Crippen LogP) is 3.65. The van der Waals surface area contributed by atoms with Gasteiger partial charge in [-0.05, 0) is 42.5 Å². The second-order valence-electron chi connectivity index (χ2n) is 6.80. The first-order valence-corrected chi connectivity index (χ1v) is 9.03. The van der Waals surface area contributed by atoms with Gasteiger partial charge in [-0.3, -0.25) is 4.90 Å². The van der Waals surface area contributed by atoms with Crippen molar-refractivity contribution in [3.63, 3.8) is 0 Å². The molecule has 0 aliphatic carbocycles. The summed E-state index contributed by atoms with van der Waals surface area (Å²) >= 11 is 0. The lowest BCUT2D eigenvalue weighted by atomic mass is 9.98. The zero-order valence-electron chi connectivity index (χ0n) is 15.0. The van der Waals surface area contributed by atoms with Gasteiger partial charge in [0, 0.05) is 31.8 Å². The molecule has 0 saturated carbocycles. The number of aliphatic hydroxyl groups excluding tert-OH is 1. The predicted molar refractivity (Wildman–Crippen MR) is 98.0 cm³/mol. The van der Waals surface area contributed by atoms with E-state index in [2.05, 4.69) is 4.90 Å². The molecule has 0 bridgehead atoms. The number of hydrogen-bond donors (Lipinski definition) is 1. The molecule has 1 fully saturated rings. The van der Waals surface area contributed by atoms with Gasteiger partial charge in [-0.25, -0.2) is 8.78 Å². The average Bonchev–Trinajstić information content (AvgIpc) is 2.67. The normalized spacial score (nSPS) is 21.1. The second kappa shape index (κ2) is 8.71. The Morgan fingerprint density at radius 2 is 1.77 bits per heavy atom. The first-order valence-electron chi connectivity index (χ1n) is 9.03. The van der Waals surface area contributed by atoms with Gasteiger partial charge in [0.25, 0.3) is 0 Å². The molecule has 2 aromatic carbocycles. The zero-order chi connectivity index (χ0) is 18.5. The fraction of sp³-hybridized carbons (Fsp3) is 0.429. The summed E-state index contributed by atoms with van der Waals surface area (Å²) in [4.78, 5) is 2.07. The minimum atomic E-state index is -0.523. The standard InChI is InChI=1S/C21H25F2NO2/c1-26-18-8-7-17(14-25)24(13-18)10-9-19-20(22)11-16(12-21(19)23)15-5-3-2-4-6-15/h2-6,11-12,17-18,25H,7-10,13-14H2,1H3/t17-,18-/m1/s1. The van der Waals surface area contributed by atoms with E-state index in [4.69, 9.17) is 4.74 Å². The fourth-order valence-corrected chi connectivity index (χ4v) is 3.63. The van der Waals surface area contributed by atoms with Gasteiger partial charge in [0.15, 0.2) is 0 Å². The molecule has 1 heterocycles. The monoisotopic (exact) mass is 361 g/mol. The molecule has 0 unspecified atom stereocenters. The molecule has 1 saturated heterocycles. The summed E-state index contributed by atoms with van der Waals surface area (Å²) in [6, 6.07) is 12.0. The third-order valence-electron chi connectivity index (χ3n) is 5.22. The molecule has 1 N–H and O–H groups in total. The Kier molecular flexibility index (Phi) is 6.35. The van der Waals surface area contributed by atoms with Crippen LogP contribution in [0.2, 0.25) is 0 Å². The van der Waals surface area contributed by atoms with E-state index in [0.29, 0.717) is 18.7 Å². The summed E-state index contributed by atoms with van der Waals surface area (Å²) < 4.78 is 34.5. The lowest BCUT2D eigenvalue weighted by molar-refractivity contribution is -0.00886. The number of aliphatic hydroxyl groups is 1. The maximum absolute atomic E-state index is 14.5. The van der Waals surface area contributed by atoms with E-state index in [1.54, 1.807) is 7.11 Å². The topological polar surface area (TPSA) is 32.7 Å². The molecular formula is C21H25F2NO2. The fourth-order valence-electron chi connectivity index (χ4n) is 3.63. The van der Waals surface area contributed by atoms with Crippen molar-refractivity contribution in [2.75, 3.05) is 26.8 Å². The van der Waals surface area contributed by atoms with Gasteiger partial charge >= 0.3 is 0 Å². The van der Waals surface area contributed by atoms with Crippen LogP contribution in [-0.4, -0.2) is 49.0 Å². The maximum atomic E-state index is 14.5. The van der Waals surface area contributed by atoms with Crippen molar-refractivity contribution in [2.24, 2.45) is 0 Å². The summed E-state index contributed by atoms with van der Waals surface area (Å²) in [6.45, 7) is 1.21. The Morgan fingerprint density at radius 3 is 2.38 bits per heavy atom. The summed E-state index contributed by atoms with van der Waals surface area (Å²) in [6.07, 6.45) is 2.09. The molecule has 3 rings (SSSR count). The van der Waals surface area contributed by atoms with Gasteiger partial charge in [-0.2, -0.15) is 0 Å². The largest absolute Gasteiger partial charge is 0.395 e. The molecule has 1 aliphatic heterocycles. The molecule has 0 spiro atoms. The summed E-state index contributed by atoms with van der Waals surface area (Å²) in [7, 11) is 1.67. The van der Waals surface area contributed by atoms with E-state index in [-0.39, 0.29) is 30.7 Å². The van der Waals surface area contributed by atoms with Crippen molar-refractivity contribution in [1.82, 2.24) is 4.90 Å². The van der Waals surface area contributed by atoms with Gasteiger partial charge in [0.05, 0.1) is 12.7 Å². The number of likely N-dealkylation sites (tertiary alicyclic amines) is 1. The van der Waals surface area contributed by atoms with E-state index >= 15 is 0 Å². The molecule has 2 aromatic rings. The van der Waals surface area contributed by atoms with Crippen LogP contribution in [0.15, 0.2) is 42.5 Å². The molecule has 0 aromatic heterocycles. The highest BCUT2D eigenvalue weighted by Gasteiger charge is 2.28. The SMILES string of the molecule is CO[C@@H]1CC[C@H](CO)N(CCc2c(F)cc(-c3ccccc3)cc2F)C1. The summed E-state index contributed by atoms with van der Waals surface area (Å²) in [5.74, 6) is -1.05. The smallest absolute Gasteiger partial charge is 0.129 e. The van der Waals surface area contributed by atoms with Crippen LogP contribution in [0, 0.1) is 11.6 Å². The van der Waals surface area contributed by atoms with Crippen LogP contribution >= 0.6 is 0 Å². The van der Waals surface area contributed by atoms with Crippen molar-refractivity contribution in [1.29, 1.82) is 0 Å². The van der Waals surface area contributed by atoms with Crippen molar-refractivity contribution < 1.29 is 18.6 Å². The van der Waals surface area contributed by atoms with E-state index in [1.165, 1.54) is 12.1 Å². The second-order valence-corrected chi connectivity index (χ2v) is 6.80. The maximum Gasteiger partial charge on any atom is 0.129 e. The van der Waals surface area contributed by atoms with Crippen LogP contribution in [0.25, 0.3) is 11.1 Å². The Balaban J connectivity index is 1.73. The Hall–Kier alpha value is -1.82. The minimum absolute atomic E-state index is 0.0242. The number of benzene rings is 2. The van der Waals surface area contributed by atoms with Gasteiger partial charge in [0.2, 0.25) is 0 Å². The van der Waals surface area contributed by atoms with Crippen LogP contribution in [-0.2, 0) is 11.2 Å². The van der Waals surface area contributed by atoms with E-state index < -0.39 is 11.6 Å². The molecule has 5 heteroatoms. The molecule has 2 atom stereocenters. The summed E-state index contributed by atoms with van der Waals surface area (Å²) in [5, 5.41) is 9.56. The highest BCUT2D eigenvalue weighted by Crippen LogP contribution is 2.26. The third kappa shape index (κ3) is 4.29. The number of rotatable bonds is 6. The van der Waals surface area contributed by atoms with Crippen LogP contribution in [0.4, 0.5) is 8.78 Å². The highest BCUT2D eigenvalue weighted by molar-refractivity contribution is 5.63. The highest BCUT2D eigenvalue weighted by atomic mass is 19.1. The molecule has 0 amide bonds. The van der Waals surface area contributed by atoms with Gasteiger partial charge in [-0.15, -0.1) is 0 Å². The van der Waals surface area contributed by atoms with Gasteiger partial charge in [0.1, 0.15) is 11.6 Å². The van der Waals surface area contributed by atoms with Crippen molar-refractivity contribution in [3.05, 3.63) is 59.7 Å².